The Morgan fingerprint density at radius 3 is 1.80 bits per heavy atom. The molecule has 3 aromatic rings. The lowest BCUT2D eigenvalue weighted by atomic mass is 9.90. The fourth-order valence-electron chi connectivity index (χ4n) is 16.0. The highest BCUT2D eigenvalue weighted by Crippen LogP contribution is 2.39. The molecule has 2 heterocycles. The van der Waals surface area contributed by atoms with Gasteiger partial charge in [0.25, 0.3) is 0 Å². The fourth-order valence-corrected chi connectivity index (χ4v) is 16.0. The van der Waals surface area contributed by atoms with E-state index in [0.717, 1.165) is 28.9 Å². The van der Waals surface area contributed by atoms with Gasteiger partial charge in [0.15, 0.2) is 0 Å². The molecule has 0 bridgehead atoms. The number of likely N-dealkylation sites (N-methyl/N-ethyl adjacent to an activating group) is 7. The Kier molecular flexibility index (Phi) is 33.1. The first-order chi connectivity index (χ1) is 54.9. The monoisotopic (exact) mass is 1640 g/mol. The summed E-state index contributed by atoms with van der Waals surface area (Å²) in [7, 11) is 9.96. The molecule has 2 aliphatic carbocycles. The van der Waals surface area contributed by atoms with E-state index in [1.807, 2.05) is 51.1 Å². The van der Waals surface area contributed by atoms with Crippen LogP contribution in [-0.4, -0.2) is 262 Å². The molecule has 10 atom stereocenters. The van der Waals surface area contributed by atoms with Crippen LogP contribution in [0, 0.1) is 36.3 Å². The van der Waals surface area contributed by atoms with Gasteiger partial charge in [0.2, 0.25) is 65.0 Å². The van der Waals surface area contributed by atoms with Gasteiger partial charge in [-0.3, -0.25) is 57.6 Å². The molecule has 2 saturated heterocycles. The van der Waals surface area contributed by atoms with Gasteiger partial charge in [-0.25, -0.2) is 18.4 Å². The van der Waals surface area contributed by atoms with E-state index in [-0.39, 0.29) is 75.7 Å². The van der Waals surface area contributed by atoms with Crippen molar-refractivity contribution < 1.29 is 93.8 Å². The maximum absolute atomic E-state index is 15.5. The Morgan fingerprint density at radius 2 is 1.26 bits per heavy atom. The third-order valence-electron chi connectivity index (χ3n) is 23.2. The van der Waals surface area contributed by atoms with Crippen molar-refractivity contribution in [1.82, 2.24) is 60.0 Å². The molecule has 2 aliphatic heterocycles. The Labute approximate surface area is 684 Å². The van der Waals surface area contributed by atoms with Crippen LogP contribution in [0.15, 0.2) is 66.7 Å². The zero-order valence-electron chi connectivity index (χ0n) is 70.9. The van der Waals surface area contributed by atoms with Gasteiger partial charge in [0.05, 0.1) is 13.0 Å². The second-order valence-corrected chi connectivity index (χ2v) is 33.6. The minimum atomic E-state index is -5.33. The summed E-state index contributed by atoms with van der Waals surface area (Å²) in [5, 5.41) is 8.47. The van der Waals surface area contributed by atoms with Crippen LogP contribution in [0.3, 0.4) is 0 Å². The summed E-state index contributed by atoms with van der Waals surface area (Å²) < 4.78 is 80.6. The number of rotatable bonds is 35. The van der Waals surface area contributed by atoms with Gasteiger partial charge in [-0.1, -0.05) is 120 Å². The third kappa shape index (κ3) is 24.0. The lowest BCUT2D eigenvalue weighted by molar-refractivity contribution is -0.161. The molecule has 7 rings (SSSR count). The third-order valence-corrected chi connectivity index (χ3v) is 23.2. The summed E-state index contributed by atoms with van der Waals surface area (Å²) in [5.41, 5.74) is -2.59. The summed E-state index contributed by atoms with van der Waals surface area (Å²) in [5.74, 6) is -13.2. The Bertz CT molecular complexity index is 4010. The lowest BCUT2D eigenvalue weighted by Gasteiger charge is -2.45. The molecule has 4 aliphatic rings. The van der Waals surface area contributed by atoms with Crippen molar-refractivity contribution in [3.05, 3.63) is 106 Å². The normalized spacial score (nSPS) is 18.1. The average molecular weight is 1650 g/mol. The highest BCUT2D eigenvalue weighted by molar-refractivity contribution is 6.01. The molecule has 4 fully saturated rings. The lowest BCUT2D eigenvalue weighted by Crippen LogP contribution is -2.65. The molecule has 3 aromatic carbocycles. The Balaban J connectivity index is 1.04. The van der Waals surface area contributed by atoms with Crippen LogP contribution in [0.25, 0.3) is 0 Å². The molecule has 12 amide bonds. The summed E-state index contributed by atoms with van der Waals surface area (Å²) in [4.78, 5) is 202. The number of aryl methyl sites for hydroxylation is 2. The first-order valence-electron chi connectivity index (χ1n) is 40.7. The molecule has 0 spiro atoms. The van der Waals surface area contributed by atoms with Crippen LogP contribution in [0.5, 0.6) is 0 Å². The quantitative estimate of drug-likeness (QED) is 0.0368. The van der Waals surface area contributed by atoms with Gasteiger partial charge >= 0.3 is 18.2 Å². The largest absolute Gasteiger partial charge is 0.458 e. The summed E-state index contributed by atoms with van der Waals surface area (Å²) in [6.45, 7) is 16.4. The number of hydrogen-bond donors (Lipinski definition) is 3. The molecule has 0 unspecified atom stereocenters. The minimum Gasteiger partial charge on any atom is -0.458 e. The standard InChI is InChI=1S/C85H121F5N12O15/c1-18-53(6)70(78(111)96(14)54(7)74(107)101-43-39-63(101)77(110)100(19-2)66(47-55-35-33-52(5)34-36-55)76(109)95(13)49-67(103)91-61(80(113)117-83(8,9)10)38-37-57-45-59(86)69(60(87)46-57)85(88,89)90)92-72(105)64(44-51(3)4)97(15)68(104)48-65(75(108)94(11)12)98(16)79(112)71(58-30-23-24-31-58)99(17)81(114)84(40-25-26-41-84)93-73(106)62-32-27-42-102(62)82(115)116-50-56-28-21-20-22-29-56/h20-22,28-29,33-36,45-46,51,53-54,58,61-66,70-71H,18-19,23-27,30-32,37-44,47-50H2,1-17H3,(H,91,103)(H,92,105)(H,93,106)/t53-,54-,61-,62-,63-,64-,65-,66-,70-,71-/m0/s1. The number of nitrogens with zero attached hydrogens (tertiary/aromatic N) is 9. The first kappa shape index (κ1) is 94.4. The number of benzene rings is 3. The number of hydrogen-bond acceptors (Lipinski definition) is 15. The average Bonchev–Trinajstić information content (AvgIpc) is 1.32. The smallest absolute Gasteiger partial charge is 0.422 e. The van der Waals surface area contributed by atoms with Crippen LogP contribution in [-0.2, 0) is 92.6 Å². The van der Waals surface area contributed by atoms with E-state index in [4.69, 9.17) is 9.47 Å². The van der Waals surface area contributed by atoms with E-state index in [1.165, 1.54) is 95.5 Å². The molecule has 27 nitrogen and oxygen atoms in total. The van der Waals surface area contributed by atoms with Crippen molar-refractivity contribution in [2.24, 2.45) is 17.8 Å². The van der Waals surface area contributed by atoms with E-state index in [9.17, 15) is 60.3 Å². The molecule has 646 valence electrons. The first-order valence-corrected chi connectivity index (χ1v) is 40.7. The van der Waals surface area contributed by atoms with Crippen molar-refractivity contribution in [2.75, 3.05) is 75.5 Å². The van der Waals surface area contributed by atoms with Gasteiger partial charge in [0.1, 0.15) is 89.3 Å². The number of nitrogens with one attached hydrogen (secondary N) is 3. The molecule has 0 aromatic heterocycles. The summed E-state index contributed by atoms with van der Waals surface area (Å²) >= 11 is 0. The van der Waals surface area contributed by atoms with Crippen molar-refractivity contribution in [1.29, 1.82) is 0 Å². The maximum Gasteiger partial charge on any atom is 0.422 e. The van der Waals surface area contributed by atoms with Crippen molar-refractivity contribution in [2.45, 2.75) is 257 Å². The van der Waals surface area contributed by atoms with E-state index in [2.05, 4.69) is 16.0 Å². The van der Waals surface area contributed by atoms with Crippen molar-refractivity contribution in [3.8, 4) is 0 Å². The van der Waals surface area contributed by atoms with Gasteiger partial charge in [-0.2, -0.15) is 13.2 Å². The fraction of sp³-hybridized carbons (Fsp3) is 0.635. The molecule has 117 heavy (non-hydrogen) atoms. The number of ether oxygens (including phenoxy) is 2. The van der Waals surface area contributed by atoms with Crippen LogP contribution < -0.4 is 16.0 Å². The highest BCUT2D eigenvalue weighted by atomic mass is 19.4. The van der Waals surface area contributed by atoms with Gasteiger partial charge < -0.3 is 64.6 Å². The molecular formula is C85H121F5N12O15. The van der Waals surface area contributed by atoms with E-state index in [0.29, 0.717) is 62.6 Å². The number of likely N-dealkylation sites (tertiary alicyclic amines) is 2. The predicted molar refractivity (Wildman–Crippen MR) is 425 cm³/mol. The number of halogens is 5. The van der Waals surface area contributed by atoms with Crippen LogP contribution in [0.1, 0.15) is 186 Å². The number of alkyl halides is 3. The van der Waals surface area contributed by atoms with Crippen LogP contribution >= 0.6 is 0 Å². The van der Waals surface area contributed by atoms with E-state index < -0.39 is 198 Å². The molecule has 2 saturated carbocycles. The molecule has 32 heteroatoms. The van der Waals surface area contributed by atoms with Gasteiger partial charge in [0, 0.05) is 75.4 Å². The molecular weight excluding hydrogens is 1520 g/mol. The SMILES string of the molecule is CC[C@H](C)[C@H](NC(=O)[C@H](CC(C)C)N(C)C(=O)C[C@@H](C(=O)N(C)C)N(C)C(=O)[C@H](C1CCCC1)N(C)C(=O)C1(NC(=O)[C@@H]2CCCN2C(=O)OCc2ccccc2)CCCC1)C(=O)N(C)[C@@H](C)C(=O)N1CC[C@H]1C(=O)N(CC)[C@@H](Cc1ccc(C)cc1)C(=O)N(C)CC(=O)N[C@@H](CCc1cc(F)c(C(F)(F)F)c(F)c1)C(=O)OC(C)(C)C. The second kappa shape index (κ2) is 41.1. The maximum atomic E-state index is 15.5. The predicted octanol–water partition coefficient (Wildman–Crippen LogP) is 8.37. The summed E-state index contributed by atoms with van der Waals surface area (Å²) in [6, 6.07) is 5.99. The topological polar surface area (TPSA) is 306 Å². The van der Waals surface area contributed by atoms with Crippen molar-refractivity contribution >= 4 is 77.0 Å². The number of esters is 1. The van der Waals surface area contributed by atoms with Crippen LogP contribution in [0.2, 0.25) is 0 Å². The van der Waals surface area contributed by atoms with Crippen molar-refractivity contribution in [3.63, 3.8) is 0 Å². The second-order valence-electron chi connectivity index (χ2n) is 33.6. The summed E-state index contributed by atoms with van der Waals surface area (Å²) in [6.07, 6.45) is -1.63. The van der Waals surface area contributed by atoms with E-state index in [1.54, 1.807) is 65.8 Å². The minimum absolute atomic E-state index is 0.00438. The van der Waals surface area contributed by atoms with Gasteiger partial charge in [-0.15, -0.1) is 0 Å². The van der Waals surface area contributed by atoms with Gasteiger partial charge in [-0.05, 0) is 152 Å². The van der Waals surface area contributed by atoms with Crippen LogP contribution in [0.4, 0.5) is 26.7 Å². The number of carbonyl (C=O) groups is 13. The Hall–Kier alpha value is -9.78. The molecule has 0 radical (unpaired) electrons. The highest BCUT2D eigenvalue weighted by Gasteiger charge is 2.52. The number of carbonyl (C=O) groups excluding carboxylic acids is 13. The van der Waals surface area contributed by atoms with E-state index >= 15 is 24.0 Å². The number of amides is 12. The Morgan fingerprint density at radius 1 is 0.641 bits per heavy atom. The zero-order valence-corrected chi connectivity index (χ0v) is 70.9. The molecule has 3 N–H and O–H groups in total. The zero-order chi connectivity index (χ0) is 87.0.